The van der Waals surface area contributed by atoms with E-state index >= 15 is 0 Å². The molecule has 96 valence electrons. The number of carbonyl (C=O) groups is 1. The lowest BCUT2D eigenvalue weighted by molar-refractivity contribution is 0.00115. The summed E-state index contributed by atoms with van der Waals surface area (Å²) in [6.45, 7) is 5.07. The molecule has 1 aromatic rings. The maximum Gasteiger partial charge on any atom is 0.190 e. The van der Waals surface area contributed by atoms with E-state index in [1.54, 1.807) is 6.07 Å². The van der Waals surface area contributed by atoms with Gasteiger partial charge in [0.05, 0.1) is 20.3 Å². The van der Waals surface area contributed by atoms with E-state index in [-0.39, 0.29) is 18.5 Å². The molecule has 0 N–H and O–H groups in total. The Balaban J connectivity index is 2.42. The first-order valence-electron chi connectivity index (χ1n) is 5.22. The fourth-order valence-corrected chi connectivity index (χ4v) is 4.01. The van der Waals surface area contributed by atoms with Gasteiger partial charge in [0.2, 0.25) is 0 Å². The van der Waals surface area contributed by atoms with E-state index in [2.05, 4.69) is 31.9 Å². The van der Waals surface area contributed by atoms with Crippen molar-refractivity contribution in [2.75, 3.05) is 19.8 Å². The number of Topliss-reactive ketones (excluding diaryl/α,β-unsaturated/α-hetero) is 1. The van der Waals surface area contributed by atoms with Crippen LogP contribution in [-0.4, -0.2) is 31.7 Å². The van der Waals surface area contributed by atoms with E-state index in [0.29, 0.717) is 18.8 Å². The van der Waals surface area contributed by atoms with Crippen LogP contribution in [0.3, 0.4) is 0 Å². The SMILES string of the molecule is CCOCC(C)OCC(=O)c1cc(Br)sc1Br. The average Bonchev–Trinajstić information content (AvgIpc) is 2.62. The summed E-state index contributed by atoms with van der Waals surface area (Å²) in [7, 11) is 0. The van der Waals surface area contributed by atoms with E-state index in [9.17, 15) is 4.79 Å². The molecule has 1 heterocycles. The van der Waals surface area contributed by atoms with Crippen molar-refractivity contribution in [2.45, 2.75) is 20.0 Å². The normalized spacial score (nSPS) is 12.7. The minimum Gasteiger partial charge on any atom is -0.379 e. The van der Waals surface area contributed by atoms with Crippen molar-refractivity contribution in [1.29, 1.82) is 0 Å². The Morgan fingerprint density at radius 1 is 1.53 bits per heavy atom. The van der Waals surface area contributed by atoms with E-state index in [4.69, 9.17) is 9.47 Å². The molecule has 1 aromatic heterocycles. The number of rotatable bonds is 7. The molecule has 0 aliphatic rings. The van der Waals surface area contributed by atoms with Gasteiger partial charge in [0.1, 0.15) is 6.61 Å². The molecule has 0 radical (unpaired) electrons. The average molecular weight is 386 g/mol. The van der Waals surface area contributed by atoms with Crippen molar-refractivity contribution in [1.82, 2.24) is 0 Å². The summed E-state index contributed by atoms with van der Waals surface area (Å²) in [6, 6.07) is 1.80. The molecular weight excluding hydrogens is 372 g/mol. The summed E-state index contributed by atoms with van der Waals surface area (Å²) in [5, 5.41) is 0. The smallest absolute Gasteiger partial charge is 0.190 e. The number of thiophene rings is 1. The van der Waals surface area contributed by atoms with Gasteiger partial charge in [0, 0.05) is 12.2 Å². The molecule has 0 aliphatic heterocycles. The molecular formula is C11H14Br2O3S. The lowest BCUT2D eigenvalue weighted by Gasteiger charge is -2.11. The van der Waals surface area contributed by atoms with Crippen LogP contribution < -0.4 is 0 Å². The van der Waals surface area contributed by atoms with Crippen LogP contribution in [0.2, 0.25) is 0 Å². The number of carbonyl (C=O) groups excluding carboxylic acids is 1. The van der Waals surface area contributed by atoms with Crippen molar-refractivity contribution >= 4 is 49.0 Å². The largest absolute Gasteiger partial charge is 0.379 e. The Morgan fingerprint density at radius 2 is 2.24 bits per heavy atom. The Labute approximate surface area is 122 Å². The van der Waals surface area contributed by atoms with Gasteiger partial charge in [-0.2, -0.15) is 0 Å². The lowest BCUT2D eigenvalue weighted by Crippen LogP contribution is -2.20. The quantitative estimate of drug-likeness (QED) is 0.667. The third-order valence-electron chi connectivity index (χ3n) is 2.01. The molecule has 1 atom stereocenters. The highest BCUT2D eigenvalue weighted by Gasteiger charge is 2.15. The summed E-state index contributed by atoms with van der Waals surface area (Å²) in [6.07, 6.45) is -0.0697. The van der Waals surface area contributed by atoms with Crippen LogP contribution in [-0.2, 0) is 9.47 Å². The van der Waals surface area contributed by atoms with Gasteiger partial charge in [0.25, 0.3) is 0 Å². The highest BCUT2D eigenvalue weighted by molar-refractivity contribution is 9.12. The standard InChI is InChI=1S/C11H14Br2O3S/c1-3-15-5-7(2)16-6-9(14)8-4-10(12)17-11(8)13/h4,7H,3,5-6H2,1-2H3. The van der Waals surface area contributed by atoms with E-state index in [0.717, 1.165) is 7.57 Å². The number of hydrogen-bond donors (Lipinski definition) is 0. The third-order valence-corrected chi connectivity index (χ3v) is 4.35. The Bertz CT molecular complexity index is 379. The minimum absolute atomic E-state index is 0.0258. The van der Waals surface area contributed by atoms with E-state index in [1.165, 1.54) is 11.3 Å². The highest BCUT2D eigenvalue weighted by atomic mass is 79.9. The maximum atomic E-state index is 11.8. The van der Waals surface area contributed by atoms with Crippen LogP contribution in [0.25, 0.3) is 0 Å². The van der Waals surface area contributed by atoms with Gasteiger partial charge in [-0.1, -0.05) is 0 Å². The topological polar surface area (TPSA) is 35.5 Å². The molecule has 0 amide bonds. The van der Waals surface area contributed by atoms with Crippen molar-refractivity contribution in [3.8, 4) is 0 Å². The highest BCUT2D eigenvalue weighted by Crippen LogP contribution is 2.32. The number of ether oxygens (including phenoxy) is 2. The van der Waals surface area contributed by atoms with Crippen LogP contribution >= 0.6 is 43.2 Å². The van der Waals surface area contributed by atoms with Crippen LogP contribution in [0.1, 0.15) is 24.2 Å². The Kier molecular flexibility index (Phi) is 6.87. The zero-order valence-corrected chi connectivity index (χ0v) is 13.7. The Hall–Kier alpha value is 0.250. The van der Waals surface area contributed by atoms with Crippen molar-refractivity contribution in [3.63, 3.8) is 0 Å². The van der Waals surface area contributed by atoms with Crippen LogP contribution in [0.4, 0.5) is 0 Å². The lowest BCUT2D eigenvalue weighted by atomic mass is 10.2. The first-order valence-corrected chi connectivity index (χ1v) is 7.62. The molecule has 1 unspecified atom stereocenters. The van der Waals surface area contributed by atoms with Crippen LogP contribution in [0, 0.1) is 0 Å². The summed E-state index contributed by atoms with van der Waals surface area (Å²) in [4.78, 5) is 11.8. The number of hydrogen-bond acceptors (Lipinski definition) is 4. The summed E-state index contributed by atoms with van der Waals surface area (Å²) in [5.74, 6) is -0.0258. The molecule has 6 heteroatoms. The minimum atomic E-state index is -0.0697. The second-order valence-corrected chi connectivity index (χ2v) is 7.19. The van der Waals surface area contributed by atoms with Gasteiger partial charge in [-0.05, 0) is 51.8 Å². The molecule has 0 saturated carbocycles. The summed E-state index contributed by atoms with van der Waals surface area (Å²) < 4.78 is 12.4. The summed E-state index contributed by atoms with van der Waals surface area (Å²) >= 11 is 8.17. The summed E-state index contributed by atoms with van der Waals surface area (Å²) in [5.41, 5.74) is 0.658. The first-order chi connectivity index (χ1) is 8.04. The van der Waals surface area contributed by atoms with Gasteiger partial charge in [-0.3, -0.25) is 4.79 Å². The fraction of sp³-hybridized carbons (Fsp3) is 0.545. The Morgan fingerprint density at radius 3 is 2.76 bits per heavy atom. The van der Waals surface area contributed by atoms with Gasteiger partial charge in [-0.15, -0.1) is 11.3 Å². The van der Waals surface area contributed by atoms with Crippen LogP contribution in [0.5, 0.6) is 0 Å². The van der Waals surface area contributed by atoms with Crippen molar-refractivity contribution in [3.05, 3.63) is 19.2 Å². The zero-order chi connectivity index (χ0) is 12.8. The number of halogens is 2. The third kappa shape index (κ3) is 5.18. The van der Waals surface area contributed by atoms with Gasteiger partial charge >= 0.3 is 0 Å². The molecule has 0 spiro atoms. The second kappa shape index (κ2) is 7.63. The molecule has 0 aliphatic carbocycles. The molecule has 0 saturated heterocycles. The van der Waals surface area contributed by atoms with Gasteiger partial charge in [-0.25, -0.2) is 0 Å². The molecule has 0 aromatic carbocycles. The maximum absolute atomic E-state index is 11.8. The molecule has 17 heavy (non-hydrogen) atoms. The van der Waals surface area contributed by atoms with Gasteiger partial charge < -0.3 is 9.47 Å². The van der Waals surface area contributed by atoms with Crippen molar-refractivity contribution < 1.29 is 14.3 Å². The van der Waals surface area contributed by atoms with E-state index < -0.39 is 0 Å². The molecule has 0 bridgehead atoms. The predicted molar refractivity (Wildman–Crippen MR) is 76.0 cm³/mol. The second-order valence-electron chi connectivity index (χ2n) is 3.44. The monoisotopic (exact) mass is 384 g/mol. The van der Waals surface area contributed by atoms with Gasteiger partial charge in [0.15, 0.2) is 5.78 Å². The number of ketones is 1. The molecule has 1 rings (SSSR count). The first kappa shape index (κ1) is 15.3. The molecule has 3 nitrogen and oxygen atoms in total. The molecule has 0 fully saturated rings. The fourth-order valence-electron chi connectivity index (χ4n) is 1.16. The predicted octanol–water partition coefficient (Wildman–Crippen LogP) is 3.90. The zero-order valence-electron chi connectivity index (χ0n) is 9.66. The van der Waals surface area contributed by atoms with E-state index in [1.807, 2.05) is 13.8 Å². The van der Waals surface area contributed by atoms with Crippen LogP contribution in [0.15, 0.2) is 13.6 Å². The van der Waals surface area contributed by atoms with Crippen molar-refractivity contribution in [2.24, 2.45) is 0 Å².